The van der Waals surface area contributed by atoms with Gasteiger partial charge < -0.3 is 14.4 Å². The maximum absolute atomic E-state index is 12.6. The third-order valence-corrected chi connectivity index (χ3v) is 4.26. The summed E-state index contributed by atoms with van der Waals surface area (Å²) >= 11 is 0. The lowest BCUT2D eigenvalue weighted by molar-refractivity contribution is -0.124. The van der Waals surface area contributed by atoms with E-state index in [2.05, 4.69) is 4.98 Å². The van der Waals surface area contributed by atoms with Crippen molar-refractivity contribution in [3.8, 4) is 0 Å². The molecule has 0 N–H and O–H groups in total. The number of hydrogen-bond acceptors (Lipinski definition) is 4. The molecule has 122 valence electrons. The molecule has 0 saturated heterocycles. The van der Waals surface area contributed by atoms with Crippen molar-refractivity contribution in [2.45, 2.75) is 38.7 Å². The van der Waals surface area contributed by atoms with Crippen LogP contribution >= 0.6 is 0 Å². The molecule has 1 aliphatic carbocycles. The SMILES string of the molecule is COCCOC1CCC(C(=O)N(C)c2ccnc(C)c2)CC1. The number of ether oxygens (including phenoxy) is 2. The van der Waals surface area contributed by atoms with Gasteiger partial charge in [0.2, 0.25) is 5.91 Å². The monoisotopic (exact) mass is 306 g/mol. The molecule has 5 nitrogen and oxygen atoms in total. The third kappa shape index (κ3) is 4.52. The second-order valence-corrected chi connectivity index (χ2v) is 5.89. The quantitative estimate of drug-likeness (QED) is 0.758. The fourth-order valence-electron chi connectivity index (χ4n) is 2.91. The Labute approximate surface area is 132 Å². The van der Waals surface area contributed by atoms with Gasteiger partial charge in [-0.25, -0.2) is 0 Å². The zero-order valence-electron chi connectivity index (χ0n) is 13.7. The molecule has 0 aliphatic heterocycles. The van der Waals surface area contributed by atoms with Crippen LogP contribution in [0.3, 0.4) is 0 Å². The van der Waals surface area contributed by atoms with Crippen LogP contribution in [0.2, 0.25) is 0 Å². The van der Waals surface area contributed by atoms with Gasteiger partial charge in [0.15, 0.2) is 0 Å². The number of pyridine rings is 1. The van der Waals surface area contributed by atoms with Crippen LogP contribution in [0, 0.1) is 12.8 Å². The molecule has 1 aromatic heterocycles. The molecule has 0 radical (unpaired) electrons. The van der Waals surface area contributed by atoms with Crippen LogP contribution in [0.4, 0.5) is 5.69 Å². The molecule has 2 rings (SSSR count). The van der Waals surface area contributed by atoms with Crippen molar-refractivity contribution in [1.82, 2.24) is 4.98 Å². The van der Waals surface area contributed by atoms with Crippen LogP contribution in [0.5, 0.6) is 0 Å². The molecule has 1 heterocycles. The molecule has 0 unspecified atom stereocenters. The van der Waals surface area contributed by atoms with Crippen molar-refractivity contribution < 1.29 is 14.3 Å². The van der Waals surface area contributed by atoms with Gasteiger partial charge in [0.1, 0.15) is 0 Å². The Morgan fingerprint density at radius 3 is 2.68 bits per heavy atom. The Morgan fingerprint density at radius 1 is 1.32 bits per heavy atom. The van der Waals surface area contributed by atoms with Gasteiger partial charge in [0.05, 0.1) is 19.3 Å². The van der Waals surface area contributed by atoms with Gasteiger partial charge in [0, 0.05) is 37.7 Å². The van der Waals surface area contributed by atoms with Crippen molar-refractivity contribution in [3.05, 3.63) is 24.0 Å². The van der Waals surface area contributed by atoms with E-state index < -0.39 is 0 Å². The molecular formula is C17H26N2O3. The van der Waals surface area contributed by atoms with E-state index in [-0.39, 0.29) is 17.9 Å². The molecule has 0 spiro atoms. The highest BCUT2D eigenvalue weighted by atomic mass is 16.5. The molecule has 1 amide bonds. The van der Waals surface area contributed by atoms with E-state index in [1.165, 1.54) is 0 Å². The lowest BCUT2D eigenvalue weighted by Crippen LogP contribution is -2.36. The minimum absolute atomic E-state index is 0.0979. The minimum atomic E-state index is 0.0979. The van der Waals surface area contributed by atoms with Crippen LogP contribution in [-0.2, 0) is 14.3 Å². The summed E-state index contributed by atoms with van der Waals surface area (Å²) < 4.78 is 10.7. The highest BCUT2D eigenvalue weighted by Gasteiger charge is 2.29. The smallest absolute Gasteiger partial charge is 0.229 e. The van der Waals surface area contributed by atoms with E-state index in [4.69, 9.17) is 9.47 Å². The number of methoxy groups -OCH3 is 1. The van der Waals surface area contributed by atoms with Gasteiger partial charge in [-0.15, -0.1) is 0 Å². The standard InChI is InChI=1S/C17H26N2O3/c1-13-12-15(8-9-18-13)19(2)17(20)14-4-6-16(7-5-14)22-11-10-21-3/h8-9,12,14,16H,4-7,10-11H2,1-3H3. The van der Waals surface area contributed by atoms with Gasteiger partial charge in [-0.05, 0) is 44.7 Å². The number of hydrogen-bond donors (Lipinski definition) is 0. The molecule has 0 atom stereocenters. The van der Waals surface area contributed by atoms with Crippen molar-refractivity contribution in [3.63, 3.8) is 0 Å². The van der Waals surface area contributed by atoms with Crippen molar-refractivity contribution in [2.75, 3.05) is 32.3 Å². The fraction of sp³-hybridized carbons (Fsp3) is 0.647. The number of aryl methyl sites for hydroxylation is 1. The molecule has 1 fully saturated rings. The van der Waals surface area contributed by atoms with Crippen LogP contribution in [0.1, 0.15) is 31.4 Å². The lowest BCUT2D eigenvalue weighted by atomic mass is 9.86. The van der Waals surface area contributed by atoms with Gasteiger partial charge >= 0.3 is 0 Å². The van der Waals surface area contributed by atoms with Gasteiger partial charge in [-0.1, -0.05) is 0 Å². The summed E-state index contributed by atoms with van der Waals surface area (Å²) in [6.07, 6.45) is 5.70. The second kappa shape index (κ2) is 8.25. The molecule has 5 heteroatoms. The first-order chi connectivity index (χ1) is 10.6. The van der Waals surface area contributed by atoms with Crippen molar-refractivity contribution in [2.24, 2.45) is 5.92 Å². The first-order valence-electron chi connectivity index (χ1n) is 7.92. The van der Waals surface area contributed by atoms with Crippen molar-refractivity contribution >= 4 is 11.6 Å². The lowest BCUT2D eigenvalue weighted by Gasteiger charge is -2.30. The first-order valence-corrected chi connectivity index (χ1v) is 7.92. The van der Waals surface area contributed by atoms with E-state index in [1.807, 2.05) is 26.1 Å². The van der Waals surface area contributed by atoms with Crippen LogP contribution in [-0.4, -0.2) is 44.4 Å². The molecule has 1 aliphatic rings. The molecule has 0 aromatic carbocycles. The van der Waals surface area contributed by atoms with Gasteiger partial charge in [0.25, 0.3) is 0 Å². The average Bonchev–Trinajstić information content (AvgIpc) is 2.54. The van der Waals surface area contributed by atoms with Crippen LogP contribution < -0.4 is 4.90 Å². The number of rotatable bonds is 6. The maximum Gasteiger partial charge on any atom is 0.229 e. The average molecular weight is 306 g/mol. The molecule has 1 aromatic rings. The fourth-order valence-corrected chi connectivity index (χ4v) is 2.91. The summed E-state index contributed by atoms with van der Waals surface area (Å²) in [4.78, 5) is 18.6. The summed E-state index contributed by atoms with van der Waals surface area (Å²) in [5, 5.41) is 0. The van der Waals surface area contributed by atoms with E-state index in [0.717, 1.165) is 37.1 Å². The highest BCUT2D eigenvalue weighted by Crippen LogP contribution is 2.29. The van der Waals surface area contributed by atoms with E-state index in [9.17, 15) is 4.79 Å². The first kappa shape index (κ1) is 16.9. The zero-order chi connectivity index (χ0) is 15.9. The number of anilines is 1. The number of aromatic nitrogens is 1. The second-order valence-electron chi connectivity index (χ2n) is 5.89. The summed E-state index contributed by atoms with van der Waals surface area (Å²) in [7, 11) is 3.52. The summed E-state index contributed by atoms with van der Waals surface area (Å²) in [5.41, 5.74) is 1.84. The third-order valence-electron chi connectivity index (χ3n) is 4.26. The van der Waals surface area contributed by atoms with Crippen LogP contribution in [0.25, 0.3) is 0 Å². The topological polar surface area (TPSA) is 51.7 Å². The maximum atomic E-state index is 12.6. The Balaban J connectivity index is 1.84. The van der Waals surface area contributed by atoms with E-state index >= 15 is 0 Å². The Hall–Kier alpha value is -1.46. The molecule has 0 bridgehead atoms. The number of carbonyl (C=O) groups excluding carboxylic acids is 1. The summed E-state index contributed by atoms with van der Waals surface area (Å²) in [6.45, 7) is 3.20. The molecular weight excluding hydrogens is 280 g/mol. The number of amides is 1. The van der Waals surface area contributed by atoms with Gasteiger partial charge in [-0.2, -0.15) is 0 Å². The normalized spacial score (nSPS) is 21.6. The van der Waals surface area contributed by atoms with Crippen LogP contribution in [0.15, 0.2) is 18.3 Å². The molecule has 22 heavy (non-hydrogen) atoms. The van der Waals surface area contributed by atoms with E-state index in [1.54, 1.807) is 18.2 Å². The predicted octanol–water partition coefficient (Wildman–Crippen LogP) is 2.57. The minimum Gasteiger partial charge on any atom is -0.382 e. The summed E-state index contributed by atoms with van der Waals surface area (Å²) in [5.74, 6) is 0.293. The Morgan fingerprint density at radius 2 is 2.05 bits per heavy atom. The highest BCUT2D eigenvalue weighted by molar-refractivity contribution is 5.94. The zero-order valence-corrected chi connectivity index (χ0v) is 13.7. The number of nitrogens with zero attached hydrogens (tertiary/aromatic N) is 2. The Kier molecular flexibility index (Phi) is 6.34. The summed E-state index contributed by atoms with van der Waals surface area (Å²) in [6, 6.07) is 3.82. The van der Waals surface area contributed by atoms with Crippen molar-refractivity contribution in [1.29, 1.82) is 0 Å². The predicted molar refractivity (Wildman–Crippen MR) is 86.0 cm³/mol. The largest absolute Gasteiger partial charge is 0.382 e. The Bertz CT molecular complexity index is 485. The number of carbonyl (C=O) groups is 1. The van der Waals surface area contributed by atoms with E-state index in [0.29, 0.717) is 13.2 Å². The van der Waals surface area contributed by atoms with Gasteiger partial charge in [-0.3, -0.25) is 9.78 Å². The molecule has 1 saturated carbocycles.